The van der Waals surface area contributed by atoms with Crippen LogP contribution in [0.25, 0.3) is 0 Å². The summed E-state index contributed by atoms with van der Waals surface area (Å²) in [7, 11) is 0. The number of rotatable bonds is 4. The summed E-state index contributed by atoms with van der Waals surface area (Å²) in [5.41, 5.74) is -0.487. The number of carbonyl (C=O) groups excluding carboxylic acids is 2. The van der Waals surface area contributed by atoms with E-state index in [1.807, 2.05) is 0 Å². The Morgan fingerprint density at radius 1 is 0.900 bits per heavy atom. The van der Waals surface area contributed by atoms with Crippen LogP contribution in [0.15, 0.2) is 36.4 Å². The van der Waals surface area contributed by atoms with Crippen LogP contribution in [0.1, 0.15) is 41.5 Å². The third-order valence-corrected chi connectivity index (χ3v) is 4.35. The Bertz CT molecular complexity index is 1050. The number of carbonyl (C=O) groups is 2. The van der Waals surface area contributed by atoms with Crippen LogP contribution in [0, 0.1) is 20.2 Å². The van der Waals surface area contributed by atoms with Crippen LogP contribution in [-0.2, 0) is 0 Å². The molecule has 2 aromatic carbocycles. The van der Waals surface area contributed by atoms with Crippen molar-refractivity contribution in [2.24, 2.45) is 0 Å². The first-order valence-electron chi connectivity index (χ1n) is 8.36. The molecule has 0 aliphatic heterocycles. The van der Waals surface area contributed by atoms with Crippen LogP contribution in [0.3, 0.4) is 0 Å². The second kappa shape index (κ2) is 8.64. The highest BCUT2D eigenvalue weighted by atomic mass is 35.5. The van der Waals surface area contributed by atoms with E-state index in [9.17, 15) is 29.8 Å². The van der Waals surface area contributed by atoms with Gasteiger partial charge >= 0.3 is 0 Å². The fraction of sp³-hybridized carbons (Fsp3) is 0.222. The molecule has 0 heterocycles. The van der Waals surface area contributed by atoms with Crippen LogP contribution < -0.4 is 5.43 Å². The zero-order valence-corrected chi connectivity index (χ0v) is 17.5. The number of hydrazine groups is 1. The Labute approximate surface area is 180 Å². The van der Waals surface area contributed by atoms with E-state index in [0.717, 1.165) is 23.2 Å². The molecule has 158 valence electrons. The lowest BCUT2D eigenvalue weighted by Crippen LogP contribution is -2.56. The molecule has 0 saturated carbocycles. The van der Waals surface area contributed by atoms with Crippen LogP contribution >= 0.6 is 23.2 Å². The molecule has 0 bridgehead atoms. The summed E-state index contributed by atoms with van der Waals surface area (Å²) in [6, 6.07) is 6.92. The normalized spacial score (nSPS) is 11.0. The molecule has 2 amide bonds. The van der Waals surface area contributed by atoms with E-state index in [1.165, 1.54) is 18.2 Å². The standard InChI is InChI=1S/C18H16Cl2N4O6/c1-18(2,3)22(17(26)13-7-5-11(20)9-15(13)24(29)30)21-16(25)12-6-4-10(19)8-14(12)23(27)28/h4-9H,1-3H3,(H,21,25). The molecule has 0 aliphatic carbocycles. The van der Waals surface area contributed by atoms with Gasteiger partial charge in [0.2, 0.25) is 0 Å². The molecule has 0 atom stereocenters. The van der Waals surface area contributed by atoms with Gasteiger partial charge in [-0.3, -0.25) is 35.2 Å². The lowest BCUT2D eigenvalue weighted by Gasteiger charge is -2.35. The van der Waals surface area contributed by atoms with Crippen molar-refractivity contribution in [1.82, 2.24) is 10.4 Å². The van der Waals surface area contributed by atoms with Gasteiger partial charge in [-0.15, -0.1) is 0 Å². The second-order valence-electron chi connectivity index (χ2n) is 7.09. The van der Waals surface area contributed by atoms with Gasteiger partial charge in [-0.2, -0.15) is 0 Å². The average Bonchev–Trinajstić information content (AvgIpc) is 2.64. The highest BCUT2D eigenvalue weighted by molar-refractivity contribution is 6.31. The Morgan fingerprint density at radius 3 is 1.77 bits per heavy atom. The lowest BCUT2D eigenvalue weighted by atomic mass is 10.1. The molecule has 0 aromatic heterocycles. The first-order valence-corrected chi connectivity index (χ1v) is 9.12. The van der Waals surface area contributed by atoms with E-state index in [4.69, 9.17) is 23.2 Å². The molecule has 30 heavy (non-hydrogen) atoms. The zero-order valence-electron chi connectivity index (χ0n) is 16.0. The minimum atomic E-state index is -1.04. The monoisotopic (exact) mass is 454 g/mol. The average molecular weight is 455 g/mol. The van der Waals surface area contributed by atoms with Gasteiger partial charge in [0.05, 0.1) is 15.4 Å². The molecule has 2 aromatic rings. The summed E-state index contributed by atoms with van der Waals surface area (Å²) >= 11 is 11.5. The van der Waals surface area contributed by atoms with Crippen LogP contribution in [0.4, 0.5) is 11.4 Å². The van der Waals surface area contributed by atoms with E-state index >= 15 is 0 Å². The molecule has 0 spiro atoms. The maximum absolute atomic E-state index is 13.1. The van der Waals surface area contributed by atoms with Gasteiger partial charge in [0.15, 0.2) is 0 Å². The quantitative estimate of drug-likeness (QED) is 0.536. The number of nitro groups is 2. The summed E-state index contributed by atoms with van der Waals surface area (Å²) in [5.74, 6) is -1.85. The molecular formula is C18H16Cl2N4O6. The summed E-state index contributed by atoms with van der Waals surface area (Å²) in [4.78, 5) is 46.9. The summed E-state index contributed by atoms with van der Waals surface area (Å²) < 4.78 is 0. The van der Waals surface area contributed by atoms with Gasteiger partial charge in [0.25, 0.3) is 23.2 Å². The van der Waals surface area contributed by atoms with Gasteiger partial charge in [-0.1, -0.05) is 23.2 Å². The van der Waals surface area contributed by atoms with Crippen molar-refractivity contribution in [2.75, 3.05) is 0 Å². The highest BCUT2D eigenvalue weighted by Crippen LogP contribution is 2.27. The molecule has 0 aliphatic rings. The Balaban J connectivity index is 2.49. The van der Waals surface area contributed by atoms with E-state index in [1.54, 1.807) is 20.8 Å². The molecule has 0 radical (unpaired) electrons. The SMILES string of the molecule is CC(C)(C)N(NC(=O)c1ccc(Cl)cc1[N+](=O)[O-])C(=O)c1ccc(Cl)cc1[N+](=O)[O-]. The maximum Gasteiger partial charge on any atom is 0.283 e. The Kier molecular flexibility index (Phi) is 6.63. The topological polar surface area (TPSA) is 136 Å². The molecule has 0 unspecified atom stereocenters. The molecular weight excluding hydrogens is 439 g/mol. The number of nitro benzene ring substituents is 2. The maximum atomic E-state index is 13.1. The molecule has 1 N–H and O–H groups in total. The minimum absolute atomic E-state index is 0.0544. The first kappa shape index (κ1) is 23.0. The Morgan fingerprint density at radius 2 is 1.33 bits per heavy atom. The second-order valence-corrected chi connectivity index (χ2v) is 7.96. The third-order valence-electron chi connectivity index (χ3n) is 3.88. The van der Waals surface area contributed by atoms with Crippen molar-refractivity contribution in [3.05, 3.63) is 77.8 Å². The summed E-state index contributed by atoms with van der Waals surface area (Å²) in [6.07, 6.45) is 0. The molecule has 0 saturated heterocycles. The molecule has 12 heteroatoms. The number of hydrogen-bond acceptors (Lipinski definition) is 6. The van der Waals surface area contributed by atoms with Gasteiger partial charge in [0, 0.05) is 22.2 Å². The summed E-state index contributed by atoms with van der Waals surface area (Å²) in [6.45, 7) is 4.72. The van der Waals surface area contributed by atoms with Crippen molar-refractivity contribution in [1.29, 1.82) is 0 Å². The van der Waals surface area contributed by atoms with Crippen molar-refractivity contribution < 1.29 is 19.4 Å². The minimum Gasteiger partial charge on any atom is -0.267 e. The van der Waals surface area contributed by atoms with E-state index in [-0.39, 0.29) is 21.2 Å². The zero-order chi connectivity index (χ0) is 22.8. The summed E-state index contributed by atoms with van der Waals surface area (Å²) in [5, 5.41) is 23.6. The number of amides is 2. The number of nitrogens with one attached hydrogen (secondary N) is 1. The number of hydrogen-bond donors (Lipinski definition) is 1. The van der Waals surface area contributed by atoms with Gasteiger partial charge in [-0.25, -0.2) is 5.01 Å². The predicted octanol–water partition coefficient (Wildman–Crippen LogP) is 4.40. The van der Waals surface area contributed by atoms with E-state index in [2.05, 4.69) is 5.43 Å². The Hall–Kier alpha value is -3.24. The number of benzene rings is 2. The van der Waals surface area contributed by atoms with Gasteiger partial charge < -0.3 is 0 Å². The molecule has 0 fully saturated rings. The number of nitrogens with zero attached hydrogens (tertiary/aromatic N) is 3. The fourth-order valence-corrected chi connectivity index (χ4v) is 2.82. The predicted molar refractivity (Wildman–Crippen MR) is 110 cm³/mol. The third kappa shape index (κ3) is 5.02. The first-order chi connectivity index (χ1) is 13.8. The van der Waals surface area contributed by atoms with Crippen molar-refractivity contribution in [2.45, 2.75) is 26.3 Å². The highest BCUT2D eigenvalue weighted by Gasteiger charge is 2.34. The van der Waals surface area contributed by atoms with Crippen LogP contribution in [0.2, 0.25) is 10.0 Å². The van der Waals surface area contributed by atoms with E-state index < -0.39 is 38.6 Å². The van der Waals surface area contributed by atoms with Gasteiger partial charge in [-0.05, 0) is 45.0 Å². The van der Waals surface area contributed by atoms with Crippen molar-refractivity contribution in [3.8, 4) is 0 Å². The molecule has 2 rings (SSSR count). The fourth-order valence-electron chi connectivity index (χ4n) is 2.49. The largest absolute Gasteiger partial charge is 0.283 e. The smallest absolute Gasteiger partial charge is 0.267 e. The lowest BCUT2D eigenvalue weighted by molar-refractivity contribution is -0.385. The van der Waals surface area contributed by atoms with Crippen LogP contribution in [0.5, 0.6) is 0 Å². The van der Waals surface area contributed by atoms with Gasteiger partial charge in [0.1, 0.15) is 11.1 Å². The van der Waals surface area contributed by atoms with E-state index in [0.29, 0.717) is 0 Å². The number of halogens is 2. The van der Waals surface area contributed by atoms with Crippen molar-refractivity contribution >= 4 is 46.4 Å². The molecule has 10 nitrogen and oxygen atoms in total. The van der Waals surface area contributed by atoms with Crippen LogP contribution in [-0.4, -0.2) is 32.2 Å². The van der Waals surface area contributed by atoms with Crippen molar-refractivity contribution in [3.63, 3.8) is 0 Å².